The number of nitrogens with one attached hydrogen (secondary N) is 2. The number of piperidine rings is 1. The molecule has 110 valence electrons. The fraction of sp³-hybridized carbons (Fsp3) is 0.933. The van der Waals surface area contributed by atoms with E-state index in [0.717, 1.165) is 38.8 Å². The van der Waals surface area contributed by atoms with Crippen LogP contribution in [0.4, 0.5) is 0 Å². The summed E-state index contributed by atoms with van der Waals surface area (Å²) in [6.07, 6.45) is 7.12. The molecule has 3 N–H and O–H groups in total. The molecule has 1 saturated heterocycles. The van der Waals surface area contributed by atoms with Crippen molar-refractivity contribution >= 4 is 5.91 Å². The van der Waals surface area contributed by atoms with Gasteiger partial charge in [0.25, 0.3) is 0 Å². The second-order valence-electron chi connectivity index (χ2n) is 6.48. The molecule has 19 heavy (non-hydrogen) atoms. The van der Waals surface area contributed by atoms with Gasteiger partial charge in [0.2, 0.25) is 5.91 Å². The summed E-state index contributed by atoms with van der Waals surface area (Å²) in [6, 6.07) is 0. The van der Waals surface area contributed by atoms with E-state index in [1.165, 1.54) is 12.8 Å². The summed E-state index contributed by atoms with van der Waals surface area (Å²) in [5, 5.41) is 16.0. The highest BCUT2D eigenvalue weighted by Gasteiger charge is 2.35. The molecule has 4 nitrogen and oxygen atoms in total. The van der Waals surface area contributed by atoms with E-state index >= 15 is 0 Å². The van der Waals surface area contributed by atoms with Crippen LogP contribution in [0.1, 0.15) is 51.9 Å². The Bertz CT molecular complexity index is 295. The van der Waals surface area contributed by atoms with E-state index in [9.17, 15) is 9.90 Å². The van der Waals surface area contributed by atoms with Crippen LogP contribution in [0.25, 0.3) is 0 Å². The van der Waals surface area contributed by atoms with Crippen molar-refractivity contribution in [3.8, 4) is 0 Å². The SMILES string of the molecule is CC(CC(=O)NC1(CO)CCCC1)C1CCCNC1. The molecule has 2 fully saturated rings. The van der Waals surface area contributed by atoms with Gasteiger partial charge in [0.05, 0.1) is 12.1 Å². The van der Waals surface area contributed by atoms with Crippen LogP contribution in [-0.2, 0) is 4.79 Å². The van der Waals surface area contributed by atoms with Crippen LogP contribution < -0.4 is 10.6 Å². The van der Waals surface area contributed by atoms with Gasteiger partial charge in [-0.15, -0.1) is 0 Å². The lowest BCUT2D eigenvalue weighted by atomic mass is 9.85. The van der Waals surface area contributed by atoms with Crippen molar-refractivity contribution in [2.75, 3.05) is 19.7 Å². The van der Waals surface area contributed by atoms with Crippen LogP contribution in [0.5, 0.6) is 0 Å². The first-order chi connectivity index (χ1) is 9.15. The number of carbonyl (C=O) groups is 1. The van der Waals surface area contributed by atoms with Crippen LogP contribution >= 0.6 is 0 Å². The third-order valence-corrected chi connectivity index (χ3v) is 4.92. The average Bonchev–Trinajstić information content (AvgIpc) is 2.88. The minimum Gasteiger partial charge on any atom is -0.394 e. The first kappa shape index (κ1) is 14.8. The molecule has 0 aromatic heterocycles. The molecule has 0 spiro atoms. The summed E-state index contributed by atoms with van der Waals surface area (Å²) >= 11 is 0. The molecule has 0 aromatic rings. The van der Waals surface area contributed by atoms with Crippen molar-refractivity contribution in [2.45, 2.75) is 57.4 Å². The average molecular weight is 268 g/mol. The van der Waals surface area contributed by atoms with Gasteiger partial charge < -0.3 is 15.7 Å². The van der Waals surface area contributed by atoms with Gasteiger partial charge >= 0.3 is 0 Å². The van der Waals surface area contributed by atoms with Gasteiger partial charge in [-0.05, 0) is 50.6 Å². The van der Waals surface area contributed by atoms with E-state index in [4.69, 9.17) is 0 Å². The number of aliphatic hydroxyl groups excluding tert-OH is 1. The highest BCUT2D eigenvalue weighted by molar-refractivity contribution is 5.77. The minimum absolute atomic E-state index is 0.0815. The summed E-state index contributed by atoms with van der Waals surface area (Å²) in [5.74, 6) is 1.16. The van der Waals surface area contributed by atoms with E-state index in [-0.39, 0.29) is 18.1 Å². The fourth-order valence-electron chi connectivity index (χ4n) is 3.54. The van der Waals surface area contributed by atoms with E-state index in [2.05, 4.69) is 17.6 Å². The molecular weight excluding hydrogens is 240 g/mol. The molecule has 0 radical (unpaired) electrons. The molecule has 2 atom stereocenters. The molecule has 1 saturated carbocycles. The molecule has 2 rings (SSSR count). The van der Waals surface area contributed by atoms with E-state index in [1.807, 2.05) is 0 Å². The highest BCUT2D eigenvalue weighted by atomic mass is 16.3. The molecule has 4 heteroatoms. The van der Waals surface area contributed by atoms with Gasteiger partial charge in [-0.3, -0.25) is 4.79 Å². The number of rotatable bonds is 5. The largest absolute Gasteiger partial charge is 0.394 e. The normalized spacial score (nSPS) is 28.0. The third-order valence-electron chi connectivity index (χ3n) is 4.92. The van der Waals surface area contributed by atoms with Crippen LogP contribution in [0.2, 0.25) is 0 Å². The Balaban J connectivity index is 1.79. The number of carbonyl (C=O) groups excluding carboxylic acids is 1. The van der Waals surface area contributed by atoms with Gasteiger partial charge in [0.15, 0.2) is 0 Å². The van der Waals surface area contributed by atoms with Gasteiger partial charge in [0.1, 0.15) is 0 Å². The van der Waals surface area contributed by atoms with Crippen molar-refractivity contribution in [1.29, 1.82) is 0 Å². The van der Waals surface area contributed by atoms with Gasteiger partial charge in [-0.25, -0.2) is 0 Å². The van der Waals surface area contributed by atoms with E-state index < -0.39 is 0 Å². The fourth-order valence-corrected chi connectivity index (χ4v) is 3.54. The predicted octanol–water partition coefficient (Wildman–Crippen LogP) is 1.43. The van der Waals surface area contributed by atoms with Gasteiger partial charge in [-0.2, -0.15) is 0 Å². The highest BCUT2D eigenvalue weighted by Crippen LogP contribution is 2.30. The summed E-state index contributed by atoms with van der Waals surface area (Å²) in [4.78, 5) is 12.2. The summed E-state index contributed by atoms with van der Waals surface area (Å²) in [6.45, 7) is 4.41. The van der Waals surface area contributed by atoms with E-state index in [0.29, 0.717) is 18.3 Å². The van der Waals surface area contributed by atoms with Crippen molar-refractivity contribution in [3.63, 3.8) is 0 Å². The summed E-state index contributed by atoms with van der Waals surface area (Å²) in [5.41, 5.74) is -0.318. The zero-order chi connectivity index (χ0) is 13.7. The monoisotopic (exact) mass is 268 g/mol. The first-order valence-corrected chi connectivity index (χ1v) is 7.78. The topological polar surface area (TPSA) is 61.4 Å². The Hall–Kier alpha value is -0.610. The van der Waals surface area contributed by atoms with Crippen LogP contribution in [-0.4, -0.2) is 36.2 Å². The predicted molar refractivity (Wildman–Crippen MR) is 75.8 cm³/mol. The number of hydrogen-bond acceptors (Lipinski definition) is 3. The van der Waals surface area contributed by atoms with Crippen LogP contribution in [0, 0.1) is 11.8 Å². The maximum Gasteiger partial charge on any atom is 0.220 e. The summed E-state index contributed by atoms with van der Waals surface area (Å²) in [7, 11) is 0. The lowest BCUT2D eigenvalue weighted by Crippen LogP contribution is -2.49. The molecular formula is C15H28N2O2. The molecule has 1 aliphatic carbocycles. The Kier molecular flexibility index (Phi) is 5.22. The molecule has 0 bridgehead atoms. The Labute approximate surface area is 116 Å². The molecule has 2 aliphatic rings. The zero-order valence-corrected chi connectivity index (χ0v) is 12.1. The second-order valence-corrected chi connectivity index (χ2v) is 6.48. The number of amides is 1. The van der Waals surface area contributed by atoms with Crippen molar-refractivity contribution < 1.29 is 9.90 Å². The lowest BCUT2D eigenvalue weighted by molar-refractivity contribution is -0.124. The Morgan fingerprint density at radius 2 is 2.16 bits per heavy atom. The molecule has 1 aliphatic heterocycles. The maximum absolute atomic E-state index is 12.2. The van der Waals surface area contributed by atoms with Gasteiger partial charge in [-0.1, -0.05) is 19.8 Å². The van der Waals surface area contributed by atoms with Crippen molar-refractivity contribution in [1.82, 2.24) is 10.6 Å². The van der Waals surface area contributed by atoms with E-state index in [1.54, 1.807) is 0 Å². The van der Waals surface area contributed by atoms with Crippen molar-refractivity contribution in [2.24, 2.45) is 11.8 Å². The lowest BCUT2D eigenvalue weighted by Gasteiger charge is -2.31. The van der Waals surface area contributed by atoms with Crippen LogP contribution in [0.15, 0.2) is 0 Å². The number of hydrogen-bond donors (Lipinski definition) is 3. The Morgan fingerprint density at radius 3 is 2.74 bits per heavy atom. The smallest absolute Gasteiger partial charge is 0.220 e. The minimum atomic E-state index is -0.318. The van der Waals surface area contributed by atoms with Crippen LogP contribution in [0.3, 0.4) is 0 Å². The van der Waals surface area contributed by atoms with Gasteiger partial charge in [0, 0.05) is 6.42 Å². The van der Waals surface area contributed by atoms with Crippen molar-refractivity contribution in [3.05, 3.63) is 0 Å². The molecule has 1 heterocycles. The third kappa shape index (κ3) is 3.93. The maximum atomic E-state index is 12.2. The molecule has 0 aromatic carbocycles. The number of aliphatic hydroxyl groups is 1. The Morgan fingerprint density at radius 1 is 1.42 bits per heavy atom. The summed E-state index contributed by atoms with van der Waals surface area (Å²) < 4.78 is 0. The zero-order valence-electron chi connectivity index (χ0n) is 12.1. The standard InChI is InChI=1S/C15H28N2O2/c1-12(13-5-4-8-16-10-13)9-14(19)17-15(11-18)6-2-3-7-15/h12-13,16,18H,2-11H2,1H3,(H,17,19). The molecule has 1 amide bonds. The second kappa shape index (κ2) is 6.71. The molecule has 2 unspecified atom stereocenters. The first-order valence-electron chi connectivity index (χ1n) is 7.78. The quantitative estimate of drug-likeness (QED) is 0.707.